The van der Waals surface area contributed by atoms with E-state index in [-0.39, 0.29) is 6.10 Å². The van der Waals surface area contributed by atoms with Gasteiger partial charge in [-0.3, -0.25) is 0 Å². The van der Waals surface area contributed by atoms with Gasteiger partial charge in [-0.05, 0) is 31.6 Å². The van der Waals surface area contributed by atoms with Crippen molar-refractivity contribution in [2.45, 2.75) is 57.1 Å². The molecule has 3 nitrogen and oxygen atoms in total. The molecule has 0 aliphatic heterocycles. The second kappa shape index (κ2) is 4.21. The van der Waals surface area contributed by atoms with Crippen LogP contribution in [0, 0.1) is 5.92 Å². The lowest BCUT2D eigenvalue weighted by Gasteiger charge is -2.27. The summed E-state index contributed by atoms with van der Waals surface area (Å²) in [5, 5.41) is 10.4. The minimum Gasteiger partial charge on any atom is -0.387 e. The van der Waals surface area contributed by atoms with Crippen LogP contribution in [0.25, 0.3) is 0 Å². The van der Waals surface area contributed by atoms with Gasteiger partial charge in [0.25, 0.3) is 0 Å². The van der Waals surface area contributed by atoms with Crippen molar-refractivity contribution in [1.82, 2.24) is 9.55 Å². The quantitative estimate of drug-likeness (QED) is 0.850. The van der Waals surface area contributed by atoms with Gasteiger partial charge in [-0.25, -0.2) is 4.98 Å². The average Bonchev–Trinajstić information content (AvgIpc) is 3.07. The molecule has 2 saturated carbocycles. The predicted molar refractivity (Wildman–Crippen MR) is 62.0 cm³/mol. The van der Waals surface area contributed by atoms with Crippen LogP contribution in [0.5, 0.6) is 0 Å². The lowest BCUT2D eigenvalue weighted by atomic mass is 9.84. The Morgan fingerprint density at radius 3 is 2.62 bits per heavy atom. The standard InChI is InChI=1S/C13H20N2O/c16-13(10-4-2-1-3-5-10)12-8-14-9-15(12)11-6-7-11/h8-11,13,16H,1-7H2. The molecular weight excluding hydrogens is 200 g/mol. The monoisotopic (exact) mass is 220 g/mol. The molecule has 0 aromatic carbocycles. The summed E-state index contributed by atoms with van der Waals surface area (Å²) in [6.07, 6.45) is 12.2. The summed E-state index contributed by atoms with van der Waals surface area (Å²) in [4.78, 5) is 4.20. The molecule has 88 valence electrons. The Hall–Kier alpha value is -0.830. The average molecular weight is 220 g/mol. The van der Waals surface area contributed by atoms with Crippen LogP contribution in [-0.4, -0.2) is 14.7 Å². The molecule has 1 atom stereocenters. The lowest BCUT2D eigenvalue weighted by molar-refractivity contribution is 0.0778. The van der Waals surface area contributed by atoms with Gasteiger partial charge < -0.3 is 9.67 Å². The zero-order chi connectivity index (χ0) is 11.0. The van der Waals surface area contributed by atoms with E-state index in [1.165, 1.54) is 44.9 Å². The molecule has 2 aliphatic carbocycles. The first-order chi connectivity index (χ1) is 7.86. The summed E-state index contributed by atoms with van der Waals surface area (Å²) in [7, 11) is 0. The summed E-state index contributed by atoms with van der Waals surface area (Å²) in [6.45, 7) is 0. The van der Waals surface area contributed by atoms with Crippen molar-refractivity contribution in [2.24, 2.45) is 5.92 Å². The fourth-order valence-corrected chi connectivity index (χ4v) is 2.89. The van der Waals surface area contributed by atoms with E-state index in [2.05, 4.69) is 9.55 Å². The van der Waals surface area contributed by atoms with Crippen LogP contribution >= 0.6 is 0 Å². The SMILES string of the molecule is OC(c1cncn1C1CC1)C1CCCCC1. The van der Waals surface area contributed by atoms with Crippen molar-refractivity contribution in [2.75, 3.05) is 0 Å². The van der Waals surface area contributed by atoms with Gasteiger partial charge in [0.1, 0.15) is 0 Å². The summed E-state index contributed by atoms with van der Waals surface area (Å²) in [5.41, 5.74) is 1.05. The van der Waals surface area contributed by atoms with Crippen molar-refractivity contribution < 1.29 is 5.11 Å². The molecule has 3 heteroatoms. The molecule has 1 heterocycles. The van der Waals surface area contributed by atoms with Crippen LogP contribution in [0.1, 0.15) is 62.8 Å². The second-order valence-electron chi connectivity index (χ2n) is 5.30. The molecule has 1 aromatic rings. The normalized spacial score (nSPS) is 24.6. The van der Waals surface area contributed by atoms with Crippen molar-refractivity contribution in [1.29, 1.82) is 0 Å². The van der Waals surface area contributed by atoms with E-state index in [0.29, 0.717) is 12.0 Å². The van der Waals surface area contributed by atoms with Crippen LogP contribution in [0.15, 0.2) is 12.5 Å². The molecule has 0 bridgehead atoms. The van der Waals surface area contributed by atoms with Gasteiger partial charge in [0.05, 0.1) is 24.3 Å². The minimum absolute atomic E-state index is 0.289. The largest absolute Gasteiger partial charge is 0.387 e. The van der Waals surface area contributed by atoms with Gasteiger partial charge in [-0.1, -0.05) is 19.3 Å². The number of nitrogens with zero attached hydrogens (tertiary/aromatic N) is 2. The highest BCUT2D eigenvalue weighted by atomic mass is 16.3. The summed E-state index contributed by atoms with van der Waals surface area (Å²) < 4.78 is 2.19. The van der Waals surface area contributed by atoms with Crippen LogP contribution < -0.4 is 0 Å². The van der Waals surface area contributed by atoms with Crippen molar-refractivity contribution in [3.8, 4) is 0 Å². The highest BCUT2D eigenvalue weighted by Crippen LogP contribution is 2.40. The van der Waals surface area contributed by atoms with Gasteiger partial charge in [0.2, 0.25) is 0 Å². The van der Waals surface area contributed by atoms with Gasteiger partial charge in [-0.15, -0.1) is 0 Å². The molecule has 2 aliphatic rings. The molecule has 0 radical (unpaired) electrons. The zero-order valence-electron chi connectivity index (χ0n) is 9.68. The third-order valence-electron chi connectivity index (χ3n) is 4.04. The first-order valence-corrected chi connectivity index (χ1v) is 6.56. The van der Waals surface area contributed by atoms with Gasteiger partial charge >= 0.3 is 0 Å². The molecular formula is C13H20N2O. The van der Waals surface area contributed by atoms with E-state index in [1.807, 2.05) is 12.5 Å². The first-order valence-electron chi connectivity index (χ1n) is 6.56. The molecule has 1 N–H and O–H groups in total. The molecule has 0 amide bonds. The van der Waals surface area contributed by atoms with Crippen molar-refractivity contribution >= 4 is 0 Å². The van der Waals surface area contributed by atoms with Crippen LogP contribution in [0.3, 0.4) is 0 Å². The fraction of sp³-hybridized carbons (Fsp3) is 0.769. The van der Waals surface area contributed by atoms with E-state index in [9.17, 15) is 5.11 Å². The number of aromatic nitrogens is 2. The number of imidazole rings is 1. The molecule has 1 aromatic heterocycles. The Bertz CT molecular complexity index is 351. The number of hydrogen-bond donors (Lipinski definition) is 1. The van der Waals surface area contributed by atoms with Crippen LogP contribution in [0.4, 0.5) is 0 Å². The van der Waals surface area contributed by atoms with E-state index >= 15 is 0 Å². The van der Waals surface area contributed by atoms with Crippen molar-refractivity contribution in [3.63, 3.8) is 0 Å². The molecule has 16 heavy (non-hydrogen) atoms. The van der Waals surface area contributed by atoms with Crippen LogP contribution in [0.2, 0.25) is 0 Å². The van der Waals surface area contributed by atoms with E-state index in [4.69, 9.17) is 0 Å². The van der Waals surface area contributed by atoms with E-state index in [0.717, 1.165) is 5.69 Å². The third kappa shape index (κ3) is 1.88. The lowest BCUT2D eigenvalue weighted by Crippen LogP contribution is -2.18. The maximum Gasteiger partial charge on any atom is 0.0983 e. The summed E-state index contributed by atoms with van der Waals surface area (Å²) >= 11 is 0. The van der Waals surface area contributed by atoms with E-state index in [1.54, 1.807) is 0 Å². The highest BCUT2D eigenvalue weighted by Gasteiger charge is 2.30. The molecule has 0 saturated heterocycles. The van der Waals surface area contributed by atoms with Gasteiger partial charge in [0.15, 0.2) is 0 Å². The molecule has 3 rings (SSSR count). The third-order valence-corrected chi connectivity index (χ3v) is 4.04. The maximum atomic E-state index is 10.4. The summed E-state index contributed by atoms with van der Waals surface area (Å²) in [5.74, 6) is 0.461. The number of rotatable bonds is 3. The minimum atomic E-state index is -0.289. The Morgan fingerprint density at radius 1 is 1.19 bits per heavy atom. The molecule has 2 fully saturated rings. The highest BCUT2D eigenvalue weighted by molar-refractivity contribution is 5.08. The van der Waals surface area contributed by atoms with Gasteiger partial charge in [-0.2, -0.15) is 0 Å². The number of aliphatic hydroxyl groups is 1. The topological polar surface area (TPSA) is 38.1 Å². The maximum absolute atomic E-state index is 10.4. The van der Waals surface area contributed by atoms with Crippen LogP contribution in [-0.2, 0) is 0 Å². The Kier molecular flexibility index (Phi) is 2.72. The van der Waals surface area contributed by atoms with E-state index < -0.39 is 0 Å². The second-order valence-corrected chi connectivity index (χ2v) is 5.30. The van der Waals surface area contributed by atoms with Gasteiger partial charge in [0, 0.05) is 6.04 Å². The predicted octanol–water partition coefficient (Wildman–Crippen LogP) is 2.83. The first kappa shape index (κ1) is 10.3. The number of aliphatic hydroxyl groups excluding tert-OH is 1. The zero-order valence-corrected chi connectivity index (χ0v) is 9.68. The molecule has 1 unspecified atom stereocenters. The Balaban J connectivity index is 1.76. The smallest absolute Gasteiger partial charge is 0.0983 e. The summed E-state index contributed by atoms with van der Waals surface area (Å²) in [6, 6.07) is 0.621. The number of hydrogen-bond acceptors (Lipinski definition) is 2. The Labute approximate surface area is 96.5 Å². The molecule has 0 spiro atoms. The fourth-order valence-electron chi connectivity index (χ4n) is 2.89. The van der Waals surface area contributed by atoms with Crippen molar-refractivity contribution in [3.05, 3.63) is 18.2 Å². The Morgan fingerprint density at radius 2 is 1.94 bits per heavy atom.